The normalized spacial score (nSPS) is 18.6. The molecule has 1 fully saturated rings. The van der Waals surface area contributed by atoms with Gasteiger partial charge in [0, 0.05) is 20.8 Å². The third-order valence-corrected chi connectivity index (χ3v) is 5.20. The third-order valence-electron chi connectivity index (χ3n) is 3.58. The Bertz CT molecular complexity index is 383. The number of hydrogen-bond acceptors (Lipinski definition) is 1. The number of ether oxygens (including phenoxy) is 1. The fourth-order valence-corrected chi connectivity index (χ4v) is 3.70. The van der Waals surface area contributed by atoms with E-state index < -0.39 is 0 Å². The molecule has 0 heterocycles. The maximum atomic E-state index is 5.97. The summed E-state index contributed by atoms with van der Waals surface area (Å²) in [5.41, 5.74) is 0.271. The molecule has 18 heavy (non-hydrogen) atoms. The number of rotatable bonds is 4. The van der Waals surface area contributed by atoms with Crippen molar-refractivity contribution in [3.63, 3.8) is 0 Å². The fourth-order valence-electron chi connectivity index (χ4n) is 2.47. The summed E-state index contributed by atoms with van der Waals surface area (Å²) in [5, 5.41) is 2.23. The molecule has 2 rings (SSSR count). The van der Waals surface area contributed by atoms with Gasteiger partial charge in [0.2, 0.25) is 0 Å². The van der Waals surface area contributed by atoms with E-state index in [9.17, 15) is 0 Å². The van der Waals surface area contributed by atoms with E-state index in [2.05, 4.69) is 15.9 Å². The van der Waals surface area contributed by atoms with E-state index in [1.807, 2.05) is 12.1 Å². The van der Waals surface area contributed by atoms with Crippen molar-refractivity contribution in [1.82, 2.24) is 0 Å². The minimum absolute atomic E-state index is 0.271. The molecule has 1 aromatic rings. The number of hydrogen-bond donors (Lipinski definition) is 0. The summed E-state index contributed by atoms with van der Waals surface area (Å²) in [6, 6.07) is 5.35. The molecular formula is C14H17BrCl2O. The molecule has 1 nitrogen and oxygen atoms in total. The van der Waals surface area contributed by atoms with Crippen LogP contribution in [0.4, 0.5) is 0 Å². The molecule has 100 valence electrons. The molecular weight excluding hydrogens is 335 g/mol. The molecule has 0 atom stereocenters. The van der Waals surface area contributed by atoms with Crippen molar-refractivity contribution in [2.24, 2.45) is 5.41 Å². The second-order valence-corrected chi connectivity index (χ2v) is 6.52. The lowest BCUT2D eigenvalue weighted by Gasteiger charge is -2.35. The summed E-state index contributed by atoms with van der Waals surface area (Å²) in [7, 11) is 0. The van der Waals surface area contributed by atoms with Gasteiger partial charge in [-0.2, -0.15) is 0 Å². The van der Waals surface area contributed by atoms with Crippen LogP contribution in [0.5, 0.6) is 5.75 Å². The van der Waals surface area contributed by atoms with Gasteiger partial charge in [0.15, 0.2) is 0 Å². The predicted molar refractivity (Wildman–Crippen MR) is 81.3 cm³/mol. The molecule has 0 radical (unpaired) electrons. The lowest BCUT2D eigenvalue weighted by Crippen LogP contribution is -2.32. The first-order valence-corrected chi connectivity index (χ1v) is 8.16. The highest BCUT2D eigenvalue weighted by molar-refractivity contribution is 9.09. The minimum Gasteiger partial charge on any atom is -0.493 e. The van der Waals surface area contributed by atoms with Crippen molar-refractivity contribution in [3.8, 4) is 5.75 Å². The molecule has 0 aliphatic heterocycles. The lowest BCUT2D eigenvalue weighted by atomic mass is 9.76. The van der Waals surface area contributed by atoms with E-state index in [0.29, 0.717) is 10.0 Å². The smallest absolute Gasteiger partial charge is 0.122 e. The van der Waals surface area contributed by atoms with Gasteiger partial charge in [-0.15, -0.1) is 0 Å². The Morgan fingerprint density at radius 1 is 1.06 bits per heavy atom. The van der Waals surface area contributed by atoms with Crippen LogP contribution in [-0.2, 0) is 0 Å². The molecule has 4 heteroatoms. The zero-order chi connectivity index (χ0) is 13.0. The summed E-state index contributed by atoms with van der Waals surface area (Å²) in [4.78, 5) is 0. The molecule has 1 aliphatic rings. The first-order valence-electron chi connectivity index (χ1n) is 6.28. The summed E-state index contributed by atoms with van der Waals surface area (Å²) < 4.78 is 5.90. The van der Waals surface area contributed by atoms with E-state index in [1.165, 1.54) is 32.1 Å². The van der Waals surface area contributed by atoms with Gasteiger partial charge in [-0.05, 0) is 31.0 Å². The average molecular weight is 352 g/mol. The van der Waals surface area contributed by atoms with Crippen molar-refractivity contribution in [3.05, 3.63) is 28.2 Å². The van der Waals surface area contributed by atoms with Crippen LogP contribution >= 0.6 is 39.1 Å². The molecule has 0 aromatic heterocycles. The maximum absolute atomic E-state index is 5.97. The Morgan fingerprint density at radius 2 is 1.67 bits per heavy atom. The lowest BCUT2D eigenvalue weighted by molar-refractivity contribution is 0.122. The van der Waals surface area contributed by atoms with Crippen molar-refractivity contribution in [1.29, 1.82) is 0 Å². The van der Waals surface area contributed by atoms with E-state index >= 15 is 0 Å². The fraction of sp³-hybridized carbons (Fsp3) is 0.571. The van der Waals surface area contributed by atoms with Gasteiger partial charge in [0.1, 0.15) is 5.75 Å². The van der Waals surface area contributed by atoms with Gasteiger partial charge in [0.05, 0.1) is 6.61 Å². The summed E-state index contributed by atoms with van der Waals surface area (Å²) in [6.07, 6.45) is 6.40. The quantitative estimate of drug-likeness (QED) is 0.630. The molecule has 0 unspecified atom stereocenters. The van der Waals surface area contributed by atoms with Crippen LogP contribution in [0.25, 0.3) is 0 Å². The molecule has 1 aromatic carbocycles. The average Bonchev–Trinajstić information content (AvgIpc) is 2.36. The third kappa shape index (κ3) is 3.79. The van der Waals surface area contributed by atoms with Crippen molar-refractivity contribution in [2.45, 2.75) is 32.1 Å². The molecule has 0 bridgehead atoms. The van der Waals surface area contributed by atoms with Gasteiger partial charge in [-0.1, -0.05) is 58.4 Å². The zero-order valence-corrected chi connectivity index (χ0v) is 13.3. The summed E-state index contributed by atoms with van der Waals surface area (Å²) in [6.45, 7) is 0.731. The van der Waals surface area contributed by atoms with E-state index in [0.717, 1.165) is 17.7 Å². The van der Waals surface area contributed by atoms with Gasteiger partial charge in [-0.3, -0.25) is 0 Å². The van der Waals surface area contributed by atoms with Crippen LogP contribution in [0.2, 0.25) is 10.0 Å². The van der Waals surface area contributed by atoms with Crippen LogP contribution < -0.4 is 4.74 Å². The van der Waals surface area contributed by atoms with E-state index in [-0.39, 0.29) is 5.41 Å². The summed E-state index contributed by atoms with van der Waals surface area (Å²) in [5.74, 6) is 0.762. The van der Waals surface area contributed by atoms with Crippen LogP contribution in [0.15, 0.2) is 18.2 Å². The molecule has 0 saturated heterocycles. The van der Waals surface area contributed by atoms with Crippen molar-refractivity contribution in [2.75, 3.05) is 11.9 Å². The van der Waals surface area contributed by atoms with Crippen LogP contribution in [0, 0.1) is 5.41 Å². The van der Waals surface area contributed by atoms with Crippen molar-refractivity contribution < 1.29 is 4.74 Å². The highest BCUT2D eigenvalue weighted by Crippen LogP contribution is 2.38. The molecule has 0 spiro atoms. The highest BCUT2D eigenvalue weighted by Gasteiger charge is 2.31. The van der Waals surface area contributed by atoms with Crippen LogP contribution in [-0.4, -0.2) is 11.9 Å². The topological polar surface area (TPSA) is 9.23 Å². The predicted octanol–water partition coefficient (Wildman–Crippen LogP) is 5.72. The monoisotopic (exact) mass is 350 g/mol. The molecule has 1 saturated carbocycles. The van der Waals surface area contributed by atoms with Gasteiger partial charge < -0.3 is 4.74 Å². The van der Waals surface area contributed by atoms with Crippen molar-refractivity contribution >= 4 is 39.1 Å². The Balaban J connectivity index is 2.00. The Hall–Kier alpha value is 0.0800. The SMILES string of the molecule is Clc1cc(Cl)cc(OCC2(CBr)CCCCC2)c1. The number of benzene rings is 1. The molecule has 0 amide bonds. The van der Waals surface area contributed by atoms with Gasteiger partial charge in [0.25, 0.3) is 0 Å². The van der Waals surface area contributed by atoms with Gasteiger partial charge in [-0.25, -0.2) is 0 Å². The number of alkyl halides is 1. The van der Waals surface area contributed by atoms with Crippen LogP contribution in [0.3, 0.4) is 0 Å². The Labute approximate surface area is 127 Å². The standard InChI is InChI=1S/C14H17BrCl2O/c15-9-14(4-2-1-3-5-14)10-18-13-7-11(16)6-12(17)8-13/h6-8H,1-5,9-10H2. The summed E-state index contributed by atoms with van der Waals surface area (Å²) >= 11 is 15.6. The molecule has 1 aliphatic carbocycles. The van der Waals surface area contributed by atoms with Crippen LogP contribution in [0.1, 0.15) is 32.1 Å². The first kappa shape index (κ1) is 14.5. The largest absolute Gasteiger partial charge is 0.493 e. The second-order valence-electron chi connectivity index (χ2n) is 5.09. The Morgan fingerprint density at radius 3 is 2.22 bits per heavy atom. The Kier molecular flexibility index (Phi) is 5.23. The highest BCUT2D eigenvalue weighted by atomic mass is 79.9. The molecule has 0 N–H and O–H groups in total. The minimum atomic E-state index is 0.271. The van der Waals surface area contributed by atoms with Gasteiger partial charge >= 0.3 is 0 Å². The number of halogens is 3. The van der Waals surface area contributed by atoms with E-state index in [4.69, 9.17) is 27.9 Å². The maximum Gasteiger partial charge on any atom is 0.122 e. The second kappa shape index (κ2) is 6.49. The first-order chi connectivity index (χ1) is 8.63. The van der Waals surface area contributed by atoms with E-state index in [1.54, 1.807) is 6.07 Å². The zero-order valence-electron chi connectivity index (χ0n) is 10.2.